The first-order valence-corrected chi connectivity index (χ1v) is 8.52. The molecule has 3 rings (SSSR count). The second-order valence-electron chi connectivity index (χ2n) is 5.04. The van der Waals surface area contributed by atoms with Gasteiger partial charge in [0.2, 0.25) is 0 Å². The van der Waals surface area contributed by atoms with Crippen LogP contribution in [0.25, 0.3) is 11.3 Å². The van der Waals surface area contributed by atoms with Gasteiger partial charge in [0.15, 0.2) is 5.13 Å². The number of halogens is 2. The number of nitrogens with one attached hydrogen (secondary N) is 1. The zero-order valence-corrected chi connectivity index (χ0v) is 14.8. The number of nitrogens with zero attached hydrogens (tertiary/aromatic N) is 1. The van der Waals surface area contributed by atoms with Gasteiger partial charge in [-0.1, -0.05) is 41.4 Å². The molecule has 0 fully saturated rings. The average Bonchev–Trinajstić information content (AvgIpc) is 2.91. The molecule has 0 radical (unpaired) electrons. The Morgan fingerprint density at radius 3 is 2.46 bits per heavy atom. The number of carboxylic acid groups (broad SMARTS) is 1. The van der Waals surface area contributed by atoms with E-state index in [0.29, 0.717) is 15.2 Å². The Balaban J connectivity index is 1.85. The lowest BCUT2D eigenvalue weighted by Gasteiger charge is -2.05. The summed E-state index contributed by atoms with van der Waals surface area (Å²) in [6.45, 7) is 1.97. The SMILES string of the molecule is Cc1sc(Nc2ccc(C(=O)[O-])cc2)nc1-c1ccc(Cl)c(Cl)c1. The molecule has 0 bridgehead atoms. The maximum Gasteiger partial charge on any atom is 0.187 e. The van der Waals surface area contributed by atoms with Crippen LogP contribution in [-0.2, 0) is 0 Å². The summed E-state index contributed by atoms with van der Waals surface area (Å²) in [7, 11) is 0. The number of thiazole rings is 1. The molecule has 1 heterocycles. The van der Waals surface area contributed by atoms with Crippen LogP contribution in [0.1, 0.15) is 15.2 Å². The van der Waals surface area contributed by atoms with Gasteiger partial charge in [-0.3, -0.25) is 0 Å². The Hall–Kier alpha value is -2.08. The highest BCUT2D eigenvalue weighted by molar-refractivity contribution is 7.16. The molecule has 3 aromatic rings. The summed E-state index contributed by atoms with van der Waals surface area (Å²) in [6.07, 6.45) is 0. The molecule has 1 aromatic heterocycles. The summed E-state index contributed by atoms with van der Waals surface area (Å²) >= 11 is 13.5. The van der Waals surface area contributed by atoms with Crippen LogP contribution in [0.15, 0.2) is 42.5 Å². The second-order valence-corrected chi connectivity index (χ2v) is 7.06. The number of carbonyl (C=O) groups excluding carboxylic acids is 1. The quantitative estimate of drug-likeness (QED) is 0.724. The molecule has 0 saturated heterocycles. The summed E-state index contributed by atoms with van der Waals surface area (Å²) in [5, 5.41) is 15.6. The second kappa shape index (κ2) is 6.81. The fourth-order valence-corrected chi connectivity index (χ4v) is 3.33. The highest BCUT2D eigenvalue weighted by atomic mass is 35.5. The van der Waals surface area contributed by atoms with Crippen molar-refractivity contribution in [3.05, 3.63) is 63.0 Å². The Bertz CT molecular complexity index is 907. The molecule has 0 spiro atoms. The molecular weight excluding hydrogens is 367 g/mol. The normalized spacial score (nSPS) is 10.6. The Labute approximate surface area is 152 Å². The van der Waals surface area contributed by atoms with Crippen molar-refractivity contribution in [1.82, 2.24) is 4.98 Å². The van der Waals surface area contributed by atoms with Crippen molar-refractivity contribution in [2.45, 2.75) is 6.92 Å². The Morgan fingerprint density at radius 2 is 1.83 bits per heavy atom. The third-order valence-electron chi connectivity index (χ3n) is 3.36. The molecule has 122 valence electrons. The summed E-state index contributed by atoms with van der Waals surface area (Å²) in [5.41, 5.74) is 2.59. The molecule has 2 aromatic carbocycles. The largest absolute Gasteiger partial charge is 0.545 e. The van der Waals surface area contributed by atoms with E-state index < -0.39 is 5.97 Å². The zero-order valence-electron chi connectivity index (χ0n) is 12.5. The zero-order chi connectivity index (χ0) is 17.3. The van der Waals surface area contributed by atoms with Crippen molar-refractivity contribution in [1.29, 1.82) is 0 Å². The molecule has 7 heteroatoms. The van der Waals surface area contributed by atoms with E-state index in [0.717, 1.165) is 21.8 Å². The first-order chi connectivity index (χ1) is 11.4. The number of carboxylic acids is 1. The topological polar surface area (TPSA) is 65.0 Å². The van der Waals surface area contributed by atoms with Gasteiger partial charge in [0.1, 0.15) is 0 Å². The van der Waals surface area contributed by atoms with E-state index in [4.69, 9.17) is 23.2 Å². The molecule has 0 aliphatic rings. The van der Waals surface area contributed by atoms with E-state index in [9.17, 15) is 9.90 Å². The van der Waals surface area contributed by atoms with Gasteiger partial charge in [-0.25, -0.2) is 4.98 Å². The third-order valence-corrected chi connectivity index (χ3v) is 4.99. The lowest BCUT2D eigenvalue weighted by atomic mass is 10.1. The van der Waals surface area contributed by atoms with Gasteiger partial charge in [0.05, 0.1) is 21.7 Å². The average molecular weight is 378 g/mol. The van der Waals surface area contributed by atoms with Crippen LogP contribution in [-0.4, -0.2) is 11.0 Å². The molecule has 1 N–H and O–H groups in total. The van der Waals surface area contributed by atoms with E-state index in [1.54, 1.807) is 24.3 Å². The van der Waals surface area contributed by atoms with Crippen molar-refractivity contribution >= 4 is 51.3 Å². The maximum atomic E-state index is 10.8. The number of carbonyl (C=O) groups is 1. The fraction of sp³-hybridized carbons (Fsp3) is 0.0588. The van der Waals surface area contributed by atoms with Crippen molar-refractivity contribution in [2.24, 2.45) is 0 Å². The van der Waals surface area contributed by atoms with Gasteiger partial charge in [-0.15, -0.1) is 11.3 Å². The highest BCUT2D eigenvalue weighted by Crippen LogP contribution is 2.34. The summed E-state index contributed by atoms with van der Waals surface area (Å²) in [4.78, 5) is 16.4. The van der Waals surface area contributed by atoms with Crippen LogP contribution in [0.3, 0.4) is 0 Å². The number of aromatic carboxylic acids is 1. The van der Waals surface area contributed by atoms with Crippen molar-refractivity contribution in [2.75, 3.05) is 5.32 Å². The molecular formula is C17H11Cl2N2O2S-. The first-order valence-electron chi connectivity index (χ1n) is 6.95. The van der Waals surface area contributed by atoms with Crippen LogP contribution in [0.5, 0.6) is 0 Å². The fourth-order valence-electron chi connectivity index (χ4n) is 2.17. The number of hydrogen-bond donors (Lipinski definition) is 1. The summed E-state index contributed by atoms with van der Waals surface area (Å²) in [6, 6.07) is 11.7. The molecule has 0 atom stereocenters. The highest BCUT2D eigenvalue weighted by Gasteiger charge is 2.11. The molecule has 0 saturated carbocycles. The number of benzene rings is 2. The van der Waals surface area contributed by atoms with Crippen LogP contribution in [0.2, 0.25) is 10.0 Å². The smallest absolute Gasteiger partial charge is 0.187 e. The van der Waals surface area contributed by atoms with Gasteiger partial charge in [0.25, 0.3) is 0 Å². The van der Waals surface area contributed by atoms with Crippen molar-refractivity contribution in [3.8, 4) is 11.3 Å². The molecule has 24 heavy (non-hydrogen) atoms. The van der Waals surface area contributed by atoms with Gasteiger partial charge in [-0.2, -0.15) is 0 Å². The van der Waals surface area contributed by atoms with E-state index in [1.807, 2.05) is 13.0 Å². The van der Waals surface area contributed by atoms with E-state index in [-0.39, 0.29) is 5.56 Å². The van der Waals surface area contributed by atoms with Gasteiger partial charge in [0, 0.05) is 16.1 Å². The number of aromatic nitrogens is 1. The van der Waals surface area contributed by atoms with Crippen LogP contribution < -0.4 is 10.4 Å². The molecule has 4 nitrogen and oxygen atoms in total. The Kier molecular flexibility index (Phi) is 4.76. The number of anilines is 2. The predicted octanol–water partition coefficient (Wildman–Crippen LogP) is 4.53. The standard InChI is InChI=1S/C17H12Cl2N2O2S/c1-9-15(11-4-7-13(18)14(19)8-11)21-17(24-9)20-12-5-2-10(3-6-12)16(22)23/h2-8H,1H3,(H,20,21)(H,22,23)/p-1. The lowest BCUT2D eigenvalue weighted by molar-refractivity contribution is -0.255. The predicted molar refractivity (Wildman–Crippen MR) is 96.4 cm³/mol. The third kappa shape index (κ3) is 3.53. The van der Waals surface area contributed by atoms with Gasteiger partial charge >= 0.3 is 0 Å². The number of aryl methyl sites for hydroxylation is 1. The first kappa shape index (κ1) is 16.8. The molecule has 0 aliphatic carbocycles. The van der Waals surface area contributed by atoms with Crippen LogP contribution >= 0.6 is 34.5 Å². The number of hydrogen-bond acceptors (Lipinski definition) is 5. The molecule has 0 unspecified atom stereocenters. The van der Waals surface area contributed by atoms with Crippen molar-refractivity contribution < 1.29 is 9.90 Å². The lowest BCUT2D eigenvalue weighted by Crippen LogP contribution is -2.21. The monoisotopic (exact) mass is 377 g/mol. The van der Waals surface area contributed by atoms with Gasteiger partial charge < -0.3 is 15.2 Å². The summed E-state index contributed by atoms with van der Waals surface area (Å²) < 4.78 is 0. The van der Waals surface area contributed by atoms with E-state index >= 15 is 0 Å². The number of rotatable bonds is 4. The van der Waals surface area contributed by atoms with E-state index in [1.165, 1.54) is 23.5 Å². The maximum absolute atomic E-state index is 10.8. The minimum atomic E-state index is -1.20. The minimum Gasteiger partial charge on any atom is -0.545 e. The summed E-state index contributed by atoms with van der Waals surface area (Å²) in [5.74, 6) is -1.20. The van der Waals surface area contributed by atoms with Crippen LogP contribution in [0.4, 0.5) is 10.8 Å². The van der Waals surface area contributed by atoms with Crippen LogP contribution in [0, 0.1) is 6.92 Å². The Morgan fingerprint density at radius 1 is 1.12 bits per heavy atom. The van der Waals surface area contributed by atoms with E-state index in [2.05, 4.69) is 10.3 Å². The van der Waals surface area contributed by atoms with Gasteiger partial charge in [-0.05, 0) is 36.8 Å². The van der Waals surface area contributed by atoms with Crippen molar-refractivity contribution in [3.63, 3.8) is 0 Å². The minimum absolute atomic E-state index is 0.132. The molecule has 0 amide bonds. The molecule has 0 aliphatic heterocycles.